The second kappa shape index (κ2) is 6.26. The van der Waals surface area contributed by atoms with Crippen LogP contribution in [-0.4, -0.2) is 21.6 Å². The fourth-order valence-electron chi connectivity index (χ4n) is 2.30. The van der Waals surface area contributed by atoms with Crippen LogP contribution < -0.4 is 39.0 Å². The van der Waals surface area contributed by atoms with E-state index in [2.05, 4.69) is 10.2 Å². The molecule has 0 N–H and O–H groups in total. The molecule has 0 unspecified atom stereocenters. The third-order valence-corrected chi connectivity index (χ3v) is 3.54. The van der Waals surface area contributed by atoms with Gasteiger partial charge in [0, 0.05) is 16.4 Å². The van der Waals surface area contributed by atoms with Crippen molar-refractivity contribution < 1.29 is 39.0 Å². The molecule has 0 fully saturated rings. The van der Waals surface area contributed by atoms with Crippen LogP contribution in [0.3, 0.4) is 0 Å². The first-order valence-electron chi connectivity index (χ1n) is 6.41. The van der Waals surface area contributed by atoms with Crippen LogP contribution in [0.4, 0.5) is 0 Å². The van der Waals surface area contributed by atoms with Gasteiger partial charge in [-0.05, 0) is 30.3 Å². The summed E-state index contributed by atoms with van der Waals surface area (Å²) in [5, 5.41) is 8.64. The van der Waals surface area contributed by atoms with Gasteiger partial charge in [-0.3, -0.25) is 4.57 Å². The van der Waals surface area contributed by atoms with Gasteiger partial charge >= 0.3 is 29.6 Å². The van der Waals surface area contributed by atoms with Crippen molar-refractivity contribution in [3.05, 3.63) is 48.5 Å². The molecule has 1 aliphatic heterocycles. The quantitative estimate of drug-likeness (QED) is 0.474. The van der Waals surface area contributed by atoms with Crippen LogP contribution in [-0.2, 0) is 12.6 Å². The van der Waals surface area contributed by atoms with Crippen molar-refractivity contribution in [1.82, 2.24) is 14.8 Å². The van der Waals surface area contributed by atoms with Crippen molar-refractivity contribution in [2.24, 2.45) is 0 Å². The number of hydrogen-bond acceptors (Lipinski definition) is 5. The molecule has 1 aliphatic rings. The summed E-state index contributed by atoms with van der Waals surface area (Å²) in [6.07, 6.45) is 0. The summed E-state index contributed by atoms with van der Waals surface area (Å²) < 4.78 is 12.6. The number of benzene rings is 2. The topological polar surface area (TPSA) is 49.2 Å². The first-order chi connectivity index (χ1) is 10.3. The number of rotatable bonds is 2. The zero-order valence-corrected chi connectivity index (χ0v) is 14.7. The van der Waals surface area contributed by atoms with E-state index in [1.165, 1.54) is 0 Å². The summed E-state index contributed by atoms with van der Waals surface area (Å²) in [6, 6.07) is 15.5. The van der Waals surface area contributed by atoms with Gasteiger partial charge in [-0.15, -0.1) is 5.10 Å². The molecule has 2 aromatic carbocycles. The Balaban J connectivity index is 0.00000144. The first-order valence-corrected chi connectivity index (χ1v) is 6.81. The second-order valence-electron chi connectivity index (χ2n) is 4.55. The largest absolute Gasteiger partial charge is 1.00 e. The van der Waals surface area contributed by atoms with Crippen molar-refractivity contribution in [3.63, 3.8) is 0 Å². The normalized spacial score (nSPS) is 12.0. The average Bonchev–Trinajstić information content (AvgIpc) is 3.13. The summed E-state index contributed by atoms with van der Waals surface area (Å²) in [5.41, 5.74) is 1.81. The average molecular weight is 319 g/mol. The molecule has 1 aromatic heterocycles. The minimum absolute atomic E-state index is 0. The van der Waals surface area contributed by atoms with Crippen molar-refractivity contribution in [2.75, 3.05) is 6.79 Å². The van der Waals surface area contributed by atoms with E-state index in [1.807, 2.05) is 53.1 Å². The molecule has 4 rings (SSSR count). The number of nitrogens with zero attached hydrogens (tertiary/aromatic N) is 3. The van der Waals surface area contributed by atoms with Crippen LogP contribution in [0.5, 0.6) is 11.5 Å². The van der Waals surface area contributed by atoms with E-state index in [1.54, 1.807) is 0 Å². The summed E-state index contributed by atoms with van der Waals surface area (Å²) >= 11 is 5.29. The molecule has 2 heterocycles. The van der Waals surface area contributed by atoms with E-state index in [0.717, 1.165) is 17.0 Å². The number of hydrogen-bond donors (Lipinski definition) is 0. The van der Waals surface area contributed by atoms with Gasteiger partial charge in [-0.25, -0.2) is 0 Å². The third kappa shape index (κ3) is 2.59. The maximum absolute atomic E-state index is 5.41. The Bertz CT molecular complexity index is 808. The maximum Gasteiger partial charge on any atom is 1.00 e. The maximum atomic E-state index is 5.41. The van der Waals surface area contributed by atoms with E-state index >= 15 is 0 Å². The SMILES string of the molecule is [Na+].[S-]c1nnc(-c2ccc3c(c2)OCO3)n1-c1ccccc1. The minimum Gasteiger partial charge on any atom is -0.740 e. The zero-order chi connectivity index (χ0) is 14.2. The molecule has 0 atom stereocenters. The zero-order valence-electron chi connectivity index (χ0n) is 11.9. The van der Waals surface area contributed by atoms with E-state index in [-0.39, 0.29) is 36.4 Å². The molecule has 3 aromatic rings. The van der Waals surface area contributed by atoms with Gasteiger partial charge in [-0.1, -0.05) is 18.2 Å². The molecule has 104 valence electrons. The fourth-order valence-corrected chi connectivity index (χ4v) is 2.54. The van der Waals surface area contributed by atoms with Crippen LogP contribution in [0.15, 0.2) is 53.7 Å². The van der Waals surface area contributed by atoms with Gasteiger partial charge in [0.15, 0.2) is 17.3 Å². The summed E-state index contributed by atoms with van der Waals surface area (Å²) in [7, 11) is 0. The Morgan fingerprint density at radius 3 is 2.55 bits per heavy atom. The summed E-state index contributed by atoms with van der Waals surface area (Å²) in [6.45, 7) is 0.246. The molecule has 0 spiro atoms. The molecule has 22 heavy (non-hydrogen) atoms. The van der Waals surface area contributed by atoms with E-state index < -0.39 is 0 Å². The molecule has 0 amide bonds. The van der Waals surface area contributed by atoms with E-state index in [4.69, 9.17) is 22.1 Å². The van der Waals surface area contributed by atoms with E-state index in [0.29, 0.717) is 16.7 Å². The van der Waals surface area contributed by atoms with Crippen LogP contribution in [0.2, 0.25) is 0 Å². The number of para-hydroxylation sites is 1. The minimum atomic E-state index is 0. The smallest absolute Gasteiger partial charge is 0.740 e. The van der Waals surface area contributed by atoms with Gasteiger partial charge in [-0.2, -0.15) is 5.10 Å². The van der Waals surface area contributed by atoms with Gasteiger partial charge in [0.1, 0.15) is 0 Å². The van der Waals surface area contributed by atoms with Crippen LogP contribution in [0.1, 0.15) is 0 Å². The molecule has 5 nitrogen and oxygen atoms in total. The van der Waals surface area contributed by atoms with Crippen molar-refractivity contribution >= 4 is 12.6 Å². The molecule has 0 radical (unpaired) electrons. The fraction of sp³-hybridized carbons (Fsp3) is 0.0667. The van der Waals surface area contributed by atoms with E-state index in [9.17, 15) is 0 Å². The van der Waals surface area contributed by atoms with Crippen LogP contribution in [0, 0.1) is 0 Å². The number of aromatic nitrogens is 3. The second-order valence-corrected chi connectivity index (χ2v) is 4.91. The van der Waals surface area contributed by atoms with Gasteiger partial charge in [0.25, 0.3) is 0 Å². The van der Waals surface area contributed by atoms with Crippen molar-refractivity contribution in [3.8, 4) is 28.6 Å². The number of ether oxygens (including phenoxy) is 2. The third-order valence-electron chi connectivity index (χ3n) is 3.28. The first kappa shape index (κ1) is 15.3. The molecule has 0 saturated heterocycles. The Labute approximate surface area is 155 Å². The Kier molecular flexibility index (Phi) is 4.35. The van der Waals surface area contributed by atoms with Crippen LogP contribution in [0.25, 0.3) is 17.1 Å². The predicted octanol–water partition coefficient (Wildman–Crippen LogP) is -0.427. The Hall–Kier alpha value is -1.60. The van der Waals surface area contributed by atoms with Crippen molar-refractivity contribution in [2.45, 2.75) is 5.16 Å². The molecular weight excluding hydrogens is 309 g/mol. The van der Waals surface area contributed by atoms with Gasteiger partial charge in [0.2, 0.25) is 6.79 Å². The molecule has 0 saturated carbocycles. The molecular formula is C15H10N3NaO2S. The molecule has 0 aliphatic carbocycles. The number of fused-ring (bicyclic) bond motifs is 1. The monoisotopic (exact) mass is 319 g/mol. The molecule has 0 bridgehead atoms. The summed E-state index contributed by atoms with van der Waals surface area (Å²) in [5.74, 6) is 2.13. The van der Waals surface area contributed by atoms with Crippen molar-refractivity contribution in [1.29, 1.82) is 0 Å². The standard InChI is InChI=1S/C15H11N3O2S.Na/c21-15-17-16-14(18(15)11-4-2-1-3-5-11)10-6-7-12-13(8-10)20-9-19-12;/h1-8H,9H2,(H,17,21);/q;+1/p-1. The molecule has 7 heteroatoms. The van der Waals surface area contributed by atoms with Gasteiger partial charge in [0.05, 0.1) is 0 Å². The Morgan fingerprint density at radius 1 is 0.955 bits per heavy atom. The summed E-state index contributed by atoms with van der Waals surface area (Å²) in [4.78, 5) is 0. The predicted molar refractivity (Wildman–Crippen MR) is 78.5 cm³/mol. The Morgan fingerprint density at radius 2 is 1.73 bits per heavy atom. The van der Waals surface area contributed by atoms with Gasteiger partial charge < -0.3 is 22.1 Å². The van der Waals surface area contributed by atoms with Crippen LogP contribution >= 0.6 is 0 Å².